The molecule has 2 rings (SSSR count). The first kappa shape index (κ1) is 16.1. The number of hydrogen-bond acceptors (Lipinski definition) is 4. The molecular weight excluding hydrogens is 282 g/mol. The first-order chi connectivity index (χ1) is 10.2. The van der Waals surface area contributed by atoms with Gasteiger partial charge >= 0.3 is 8.80 Å². The van der Waals surface area contributed by atoms with Crippen LogP contribution in [-0.4, -0.2) is 35.1 Å². The van der Waals surface area contributed by atoms with Gasteiger partial charge in [-0.3, -0.25) is 4.98 Å². The molecule has 0 aliphatic carbocycles. The number of aromatic nitrogens is 1. The summed E-state index contributed by atoms with van der Waals surface area (Å²) < 4.78 is 16.3. The number of benzene rings is 1. The number of fused-ring (bicyclic) bond motifs is 1. The number of rotatable bonds is 8. The summed E-state index contributed by atoms with van der Waals surface area (Å²) in [6.45, 7) is 0. The molecule has 0 atom stereocenters. The fourth-order valence-electron chi connectivity index (χ4n) is 2.48. The summed E-state index contributed by atoms with van der Waals surface area (Å²) in [7, 11) is 2.56. The van der Waals surface area contributed by atoms with Crippen LogP contribution in [0.5, 0.6) is 0 Å². The Kier molecular flexibility index (Phi) is 5.87. The minimum atomic E-state index is -2.41. The molecular formula is C16H23NO3Si. The van der Waals surface area contributed by atoms with Gasteiger partial charge in [0.15, 0.2) is 0 Å². The molecule has 0 saturated heterocycles. The summed E-state index contributed by atoms with van der Waals surface area (Å²) in [6.07, 6.45) is 5.08. The maximum Gasteiger partial charge on any atom is 0.500 e. The Labute approximate surface area is 127 Å². The van der Waals surface area contributed by atoms with E-state index < -0.39 is 8.80 Å². The smallest absolute Gasteiger partial charge is 0.377 e. The zero-order valence-corrected chi connectivity index (χ0v) is 14.0. The maximum absolute atomic E-state index is 5.43. The van der Waals surface area contributed by atoms with Gasteiger partial charge in [0.2, 0.25) is 0 Å². The van der Waals surface area contributed by atoms with Crippen molar-refractivity contribution in [3.05, 3.63) is 42.1 Å². The molecule has 21 heavy (non-hydrogen) atoms. The highest BCUT2D eigenvalue weighted by molar-refractivity contribution is 6.60. The van der Waals surface area contributed by atoms with Crippen molar-refractivity contribution in [2.75, 3.05) is 21.3 Å². The fourth-order valence-corrected chi connectivity index (χ4v) is 4.28. The lowest BCUT2D eigenvalue weighted by atomic mass is 10.1. The van der Waals surface area contributed by atoms with Crippen molar-refractivity contribution >= 4 is 19.7 Å². The molecule has 1 aromatic carbocycles. The Morgan fingerprint density at radius 3 is 2.43 bits per heavy atom. The first-order valence-electron chi connectivity index (χ1n) is 7.22. The number of unbranched alkanes of at least 4 members (excludes halogenated alkanes) is 1. The topological polar surface area (TPSA) is 40.6 Å². The Morgan fingerprint density at radius 2 is 1.71 bits per heavy atom. The Balaban J connectivity index is 1.87. The highest BCUT2D eigenvalue weighted by Crippen LogP contribution is 2.19. The van der Waals surface area contributed by atoms with Gasteiger partial charge in [-0.1, -0.05) is 18.2 Å². The molecule has 0 unspecified atom stereocenters. The number of aryl methyl sites for hydroxylation is 1. The van der Waals surface area contributed by atoms with E-state index in [1.165, 1.54) is 10.9 Å². The highest BCUT2D eigenvalue weighted by Gasteiger charge is 2.36. The van der Waals surface area contributed by atoms with E-state index in [2.05, 4.69) is 17.1 Å². The van der Waals surface area contributed by atoms with E-state index in [0.29, 0.717) is 0 Å². The molecule has 114 valence electrons. The standard InChI is InChI=1S/C16H23NO3Si/c1-18-21(19-2,20-3)11-7-6-8-14-12-15-9-4-5-10-16(15)17-13-14/h4-5,9-10,12-13H,6-8,11H2,1-3H3. The maximum atomic E-state index is 5.43. The van der Waals surface area contributed by atoms with Gasteiger partial charge in [-0.2, -0.15) is 0 Å². The molecule has 0 aliphatic heterocycles. The molecule has 0 fully saturated rings. The van der Waals surface area contributed by atoms with E-state index in [-0.39, 0.29) is 0 Å². The van der Waals surface area contributed by atoms with Crippen LogP contribution in [-0.2, 0) is 19.7 Å². The molecule has 1 heterocycles. The van der Waals surface area contributed by atoms with Gasteiger partial charge in [0.1, 0.15) is 0 Å². The van der Waals surface area contributed by atoms with Crippen LogP contribution in [0.4, 0.5) is 0 Å². The quantitative estimate of drug-likeness (QED) is 0.553. The van der Waals surface area contributed by atoms with Gasteiger partial charge in [0.05, 0.1) is 5.52 Å². The molecule has 1 aromatic heterocycles. The van der Waals surface area contributed by atoms with Gasteiger partial charge in [0, 0.05) is 39.0 Å². The molecule has 4 nitrogen and oxygen atoms in total. The second kappa shape index (κ2) is 7.65. The molecule has 0 aliphatic rings. The summed E-state index contributed by atoms with van der Waals surface area (Å²) in [4.78, 5) is 4.49. The van der Waals surface area contributed by atoms with Crippen LogP contribution in [0.2, 0.25) is 6.04 Å². The largest absolute Gasteiger partial charge is 0.500 e. The SMILES string of the molecule is CO[Si](CCCCc1cnc2ccccc2c1)(OC)OC. The predicted octanol–water partition coefficient (Wildman–Crippen LogP) is 3.44. The van der Waals surface area contributed by atoms with E-state index in [1.807, 2.05) is 24.4 Å². The molecule has 0 spiro atoms. The summed E-state index contributed by atoms with van der Waals surface area (Å²) in [6, 6.07) is 11.3. The van der Waals surface area contributed by atoms with Crippen LogP contribution in [0, 0.1) is 0 Å². The molecule has 2 aromatic rings. The molecule has 5 heteroatoms. The predicted molar refractivity (Wildman–Crippen MR) is 86.3 cm³/mol. The summed E-state index contributed by atoms with van der Waals surface area (Å²) >= 11 is 0. The van der Waals surface area contributed by atoms with E-state index >= 15 is 0 Å². The summed E-state index contributed by atoms with van der Waals surface area (Å²) in [5.41, 5.74) is 2.32. The molecule has 0 saturated carbocycles. The average molecular weight is 305 g/mol. The average Bonchev–Trinajstić information content (AvgIpc) is 2.55. The van der Waals surface area contributed by atoms with E-state index in [1.54, 1.807) is 21.3 Å². The van der Waals surface area contributed by atoms with Crippen molar-refractivity contribution in [2.45, 2.75) is 25.3 Å². The van der Waals surface area contributed by atoms with Crippen LogP contribution in [0.25, 0.3) is 10.9 Å². The molecule has 0 N–H and O–H groups in total. The van der Waals surface area contributed by atoms with E-state index in [4.69, 9.17) is 13.3 Å². The second-order valence-electron chi connectivity index (χ2n) is 5.04. The van der Waals surface area contributed by atoms with E-state index in [9.17, 15) is 0 Å². The third kappa shape index (κ3) is 4.10. The number of pyridine rings is 1. The number of nitrogens with zero attached hydrogens (tertiary/aromatic N) is 1. The van der Waals surface area contributed by atoms with Crippen LogP contribution < -0.4 is 0 Å². The van der Waals surface area contributed by atoms with Crippen LogP contribution in [0.1, 0.15) is 18.4 Å². The van der Waals surface area contributed by atoms with Crippen LogP contribution >= 0.6 is 0 Å². The normalized spacial score (nSPS) is 12.0. The van der Waals surface area contributed by atoms with Gasteiger partial charge in [-0.05, 0) is 37.0 Å². The number of hydrogen-bond donors (Lipinski definition) is 0. The third-order valence-corrected chi connectivity index (χ3v) is 6.61. The summed E-state index contributed by atoms with van der Waals surface area (Å²) in [5, 5.41) is 1.20. The van der Waals surface area contributed by atoms with Crippen molar-refractivity contribution in [3.63, 3.8) is 0 Å². The second-order valence-corrected chi connectivity index (χ2v) is 8.13. The molecule has 0 bridgehead atoms. The van der Waals surface area contributed by atoms with Crippen molar-refractivity contribution in [1.82, 2.24) is 4.98 Å². The van der Waals surface area contributed by atoms with Crippen LogP contribution in [0.15, 0.2) is 36.5 Å². The zero-order valence-electron chi connectivity index (χ0n) is 13.0. The monoisotopic (exact) mass is 305 g/mol. The Morgan fingerprint density at radius 1 is 1.00 bits per heavy atom. The molecule has 0 radical (unpaired) electrons. The summed E-state index contributed by atoms with van der Waals surface area (Å²) in [5.74, 6) is 0. The lowest BCUT2D eigenvalue weighted by molar-refractivity contribution is 0.123. The highest BCUT2D eigenvalue weighted by atomic mass is 28.4. The van der Waals surface area contributed by atoms with Crippen LogP contribution in [0.3, 0.4) is 0 Å². The van der Waals surface area contributed by atoms with Gasteiger partial charge in [-0.15, -0.1) is 0 Å². The lowest BCUT2D eigenvalue weighted by Gasteiger charge is -2.24. The van der Waals surface area contributed by atoms with Crippen molar-refractivity contribution in [1.29, 1.82) is 0 Å². The zero-order chi connectivity index (χ0) is 15.1. The molecule has 0 amide bonds. The third-order valence-electron chi connectivity index (χ3n) is 3.78. The fraction of sp³-hybridized carbons (Fsp3) is 0.438. The van der Waals surface area contributed by atoms with Crippen molar-refractivity contribution < 1.29 is 13.3 Å². The van der Waals surface area contributed by atoms with Crippen molar-refractivity contribution in [2.24, 2.45) is 0 Å². The van der Waals surface area contributed by atoms with Gasteiger partial charge < -0.3 is 13.3 Å². The lowest BCUT2D eigenvalue weighted by Crippen LogP contribution is -2.42. The minimum Gasteiger partial charge on any atom is -0.377 e. The van der Waals surface area contributed by atoms with Gasteiger partial charge in [0.25, 0.3) is 0 Å². The van der Waals surface area contributed by atoms with Gasteiger partial charge in [-0.25, -0.2) is 0 Å². The number of para-hydroxylation sites is 1. The van der Waals surface area contributed by atoms with E-state index in [0.717, 1.165) is 30.8 Å². The van der Waals surface area contributed by atoms with Crippen molar-refractivity contribution in [3.8, 4) is 0 Å². The Hall–Kier alpha value is -1.27. The minimum absolute atomic E-state index is 0.845. The first-order valence-corrected chi connectivity index (χ1v) is 9.15. The Bertz CT molecular complexity index is 564.